The first-order valence-electron chi connectivity index (χ1n) is 7.14. The van der Waals surface area contributed by atoms with E-state index < -0.39 is 0 Å². The van der Waals surface area contributed by atoms with Gasteiger partial charge in [0.25, 0.3) is 5.91 Å². The molecule has 1 heterocycles. The maximum absolute atomic E-state index is 12.0. The molecule has 3 N–H and O–H groups in total. The van der Waals surface area contributed by atoms with Crippen LogP contribution < -0.4 is 10.6 Å². The van der Waals surface area contributed by atoms with Crippen LogP contribution in [0.4, 0.5) is 5.69 Å². The molecule has 1 aromatic carbocycles. The number of carbonyl (C=O) groups excluding carboxylic acids is 1. The Bertz CT molecular complexity index is 763. The summed E-state index contributed by atoms with van der Waals surface area (Å²) in [5.41, 5.74) is 2.41. The van der Waals surface area contributed by atoms with Gasteiger partial charge in [-0.25, -0.2) is 0 Å². The first kappa shape index (κ1) is 17.1. The number of benzene rings is 1. The van der Waals surface area contributed by atoms with Gasteiger partial charge in [-0.05, 0) is 35.9 Å². The van der Waals surface area contributed by atoms with Crippen molar-refractivity contribution in [3.8, 4) is 6.07 Å². The second-order valence-electron chi connectivity index (χ2n) is 4.83. The van der Waals surface area contributed by atoms with E-state index in [0.717, 1.165) is 11.3 Å². The fraction of sp³-hybridized carbons (Fsp3) is 0.267. The average Bonchev–Trinajstić information content (AvgIpc) is 3.11. The Hall–Kier alpha value is -3.25. The van der Waals surface area contributed by atoms with Crippen LogP contribution >= 0.6 is 0 Å². The molecule has 0 unspecified atom stereocenters. The van der Waals surface area contributed by atoms with E-state index in [2.05, 4.69) is 31.3 Å². The molecule has 0 saturated carbocycles. The summed E-state index contributed by atoms with van der Waals surface area (Å²) in [5, 5.41) is 28.1. The summed E-state index contributed by atoms with van der Waals surface area (Å²) < 4.78 is 4.89. The molecule has 0 saturated heterocycles. The molecule has 1 aromatic heterocycles. The van der Waals surface area contributed by atoms with E-state index in [1.165, 1.54) is 6.20 Å². The number of amides is 1. The Balaban J connectivity index is 2.07. The number of ether oxygens (including phenoxy) is 1. The third-order valence-electron chi connectivity index (χ3n) is 3.16. The van der Waals surface area contributed by atoms with Crippen LogP contribution in [0.25, 0.3) is 5.57 Å². The van der Waals surface area contributed by atoms with Crippen LogP contribution in [0, 0.1) is 18.3 Å². The molecule has 2 aromatic rings. The highest BCUT2D eigenvalue weighted by Gasteiger charge is 2.08. The van der Waals surface area contributed by atoms with Gasteiger partial charge >= 0.3 is 0 Å². The summed E-state index contributed by atoms with van der Waals surface area (Å²) in [6, 6.07) is 7.22. The summed E-state index contributed by atoms with van der Waals surface area (Å²) in [6.45, 7) is 2.78. The molecule has 24 heavy (non-hydrogen) atoms. The predicted molar refractivity (Wildman–Crippen MR) is 86.8 cm³/mol. The van der Waals surface area contributed by atoms with Gasteiger partial charge < -0.3 is 15.4 Å². The topological polar surface area (TPSA) is 129 Å². The second kappa shape index (κ2) is 8.40. The van der Waals surface area contributed by atoms with Gasteiger partial charge in [0, 0.05) is 31.1 Å². The minimum absolute atomic E-state index is 0.165. The minimum Gasteiger partial charge on any atom is -0.383 e. The van der Waals surface area contributed by atoms with Crippen molar-refractivity contribution < 1.29 is 9.53 Å². The Kier molecular flexibility index (Phi) is 5.99. The number of methoxy groups -OCH3 is 1. The van der Waals surface area contributed by atoms with Gasteiger partial charge in [0.15, 0.2) is 0 Å². The molecule has 0 aliphatic rings. The lowest BCUT2D eigenvalue weighted by Crippen LogP contribution is -2.26. The maximum Gasteiger partial charge on any atom is 0.251 e. The van der Waals surface area contributed by atoms with Crippen LogP contribution in [0.3, 0.4) is 0 Å². The fourth-order valence-electron chi connectivity index (χ4n) is 1.91. The minimum atomic E-state index is -0.165. The Morgan fingerprint density at radius 1 is 1.50 bits per heavy atom. The largest absolute Gasteiger partial charge is 0.383 e. The SMILES string of the molecule is COCCNC(=O)c1ccc(NC=C(C#N)c2nn[nH]n2)c(C)c1. The summed E-state index contributed by atoms with van der Waals surface area (Å²) >= 11 is 0. The number of aromatic amines is 1. The number of H-pyrrole nitrogens is 1. The second-order valence-corrected chi connectivity index (χ2v) is 4.83. The number of tetrazole rings is 1. The fourth-order valence-corrected chi connectivity index (χ4v) is 1.91. The molecule has 0 atom stereocenters. The molecule has 9 heteroatoms. The molecule has 9 nitrogen and oxygen atoms in total. The van der Waals surface area contributed by atoms with Crippen molar-refractivity contribution in [3.05, 3.63) is 41.4 Å². The average molecular weight is 327 g/mol. The first-order valence-corrected chi connectivity index (χ1v) is 7.14. The molecule has 0 fully saturated rings. The van der Waals surface area contributed by atoms with E-state index in [1.54, 1.807) is 25.3 Å². The standard InChI is InChI=1S/C15H17N7O2/c1-10-7-11(15(23)17-5-6-24-2)3-4-13(10)18-9-12(8-16)14-19-21-22-20-14/h3-4,7,9,18H,5-6H2,1-2H3,(H,17,23)(H,19,20,21,22). The molecular weight excluding hydrogens is 310 g/mol. The van der Waals surface area contributed by atoms with Crippen molar-refractivity contribution in [3.63, 3.8) is 0 Å². The number of carbonyl (C=O) groups is 1. The van der Waals surface area contributed by atoms with E-state index in [-0.39, 0.29) is 17.3 Å². The highest BCUT2D eigenvalue weighted by Crippen LogP contribution is 2.18. The molecule has 0 bridgehead atoms. The van der Waals surface area contributed by atoms with E-state index in [1.807, 2.05) is 13.0 Å². The summed E-state index contributed by atoms with van der Waals surface area (Å²) in [4.78, 5) is 12.0. The van der Waals surface area contributed by atoms with Gasteiger partial charge in [0.2, 0.25) is 5.82 Å². The lowest BCUT2D eigenvalue weighted by Gasteiger charge is -2.09. The van der Waals surface area contributed by atoms with Crippen LogP contribution in [-0.4, -0.2) is 46.8 Å². The van der Waals surface area contributed by atoms with Crippen LogP contribution in [0.2, 0.25) is 0 Å². The summed E-state index contributed by atoms with van der Waals surface area (Å²) in [5.74, 6) is 0.0403. The molecule has 0 aliphatic heterocycles. The number of hydrogen-bond acceptors (Lipinski definition) is 7. The molecule has 124 valence electrons. The molecule has 0 aliphatic carbocycles. The lowest BCUT2D eigenvalue weighted by atomic mass is 10.1. The lowest BCUT2D eigenvalue weighted by molar-refractivity contribution is 0.0937. The predicted octanol–water partition coefficient (Wildman–Crippen LogP) is 0.861. The van der Waals surface area contributed by atoms with Crippen molar-refractivity contribution >= 4 is 17.2 Å². The first-order chi connectivity index (χ1) is 11.7. The van der Waals surface area contributed by atoms with E-state index in [4.69, 9.17) is 10.00 Å². The Morgan fingerprint density at radius 2 is 2.33 bits per heavy atom. The third kappa shape index (κ3) is 4.37. The molecule has 0 radical (unpaired) electrons. The summed E-state index contributed by atoms with van der Waals surface area (Å²) in [7, 11) is 1.58. The van der Waals surface area contributed by atoms with Gasteiger partial charge in [-0.15, -0.1) is 10.2 Å². The Morgan fingerprint density at radius 3 is 2.96 bits per heavy atom. The van der Waals surface area contributed by atoms with Crippen LogP contribution in [0.5, 0.6) is 0 Å². The zero-order valence-corrected chi connectivity index (χ0v) is 13.3. The van der Waals surface area contributed by atoms with Crippen molar-refractivity contribution in [2.75, 3.05) is 25.6 Å². The number of anilines is 1. The van der Waals surface area contributed by atoms with Crippen molar-refractivity contribution in [2.24, 2.45) is 0 Å². The van der Waals surface area contributed by atoms with E-state index in [9.17, 15) is 4.79 Å². The molecular formula is C15H17N7O2. The zero-order chi connectivity index (χ0) is 17.4. The number of rotatable bonds is 7. The van der Waals surface area contributed by atoms with Gasteiger partial charge in [0.1, 0.15) is 11.6 Å². The van der Waals surface area contributed by atoms with Crippen LogP contribution in [0.1, 0.15) is 21.7 Å². The number of aromatic nitrogens is 4. The van der Waals surface area contributed by atoms with Crippen LogP contribution in [-0.2, 0) is 4.74 Å². The van der Waals surface area contributed by atoms with Gasteiger partial charge in [-0.3, -0.25) is 4.79 Å². The number of nitrogens with one attached hydrogen (secondary N) is 3. The smallest absolute Gasteiger partial charge is 0.251 e. The number of hydrogen-bond donors (Lipinski definition) is 3. The quantitative estimate of drug-likeness (QED) is 0.508. The number of nitriles is 1. The van der Waals surface area contributed by atoms with Crippen molar-refractivity contribution in [2.45, 2.75) is 6.92 Å². The third-order valence-corrected chi connectivity index (χ3v) is 3.16. The number of allylic oxidation sites excluding steroid dienone is 1. The number of aryl methyl sites for hydroxylation is 1. The van der Waals surface area contributed by atoms with Gasteiger partial charge in [0.05, 0.1) is 6.61 Å². The molecule has 0 spiro atoms. The number of nitrogens with zero attached hydrogens (tertiary/aromatic N) is 4. The highest BCUT2D eigenvalue weighted by molar-refractivity contribution is 5.95. The Labute approximate surface area is 138 Å². The summed E-state index contributed by atoms with van der Waals surface area (Å²) in [6.07, 6.45) is 1.49. The van der Waals surface area contributed by atoms with E-state index >= 15 is 0 Å². The molecule has 2 rings (SSSR count). The maximum atomic E-state index is 12.0. The monoisotopic (exact) mass is 327 g/mol. The van der Waals surface area contributed by atoms with Crippen LogP contribution in [0.15, 0.2) is 24.4 Å². The zero-order valence-electron chi connectivity index (χ0n) is 13.3. The van der Waals surface area contributed by atoms with Crippen molar-refractivity contribution in [1.82, 2.24) is 25.9 Å². The highest BCUT2D eigenvalue weighted by atomic mass is 16.5. The van der Waals surface area contributed by atoms with Crippen molar-refractivity contribution in [1.29, 1.82) is 5.26 Å². The van der Waals surface area contributed by atoms with Gasteiger partial charge in [-0.1, -0.05) is 0 Å². The molecule has 1 amide bonds. The van der Waals surface area contributed by atoms with E-state index in [0.29, 0.717) is 18.7 Å². The van der Waals surface area contributed by atoms with Gasteiger partial charge in [-0.2, -0.15) is 10.5 Å². The normalized spacial score (nSPS) is 11.0.